The molecule has 7 heteroatoms. The number of rotatable bonds is 6. The van der Waals surface area contributed by atoms with Gasteiger partial charge in [0.15, 0.2) is 0 Å². The lowest BCUT2D eigenvalue weighted by atomic mass is 10.2. The summed E-state index contributed by atoms with van der Waals surface area (Å²) in [5.74, 6) is 0.0894. The lowest BCUT2D eigenvalue weighted by Gasteiger charge is -2.06. The predicted molar refractivity (Wildman–Crippen MR) is 81.1 cm³/mol. The highest BCUT2D eigenvalue weighted by atomic mass is 16.3. The zero-order valence-electron chi connectivity index (χ0n) is 11.8. The summed E-state index contributed by atoms with van der Waals surface area (Å²) in [4.78, 5) is 23.0. The van der Waals surface area contributed by atoms with E-state index >= 15 is 0 Å². The summed E-state index contributed by atoms with van der Waals surface area (Å²) in [7, 11) is 0. The van der Waals surface area contributed by atoms with Crippen LogP contribution in [0, 0.1) is 0 Å². The van der Waals surface area contributed by atoms with Gasteiger partial charge in [-0.2, -0.15) is 5.10 Å². The molecule has 0 atom stereocenters. The van der Waals surface area contributed by atoms with Crippen LogP contribution in [0.1, 0.15) is 11.3 Å². The summed E-state index contributed by atoms with van der Waals surface area (Å²) < 4.78 is 5.01. The van der Waals surface area contributed by atoms with Gasteiger partial charge in [-0.3, -0.25) is 4.79 Å². The first kappa shape index (κ1) is 15.3. The van der Waals surface area contributed by atoms with E-state index in [1.165, 1.54) is 12.5 Å². The average Bonchev–Trinajstić information content (AvgIpc) is 3.05. The van der Waals surface area contributed by atoms with E-state index in [2.05, 4.69) is 21.2 Å². The molecule has 0 saturated heterocycles. The Bertz CT molecular complexity index is 624. The molecule has 3 N–H and O–H groups in total. The number of hydrogen-bond donors (Lipinski definition) is 3. The highest BCUT2D eigenvalue weighted by molar-refractivity contribution is 5.85. The van der Waals surface area contributed by atoms with Crippen molar-refractivity contribution in [3.05, 3.63) is 60.1 Å². The third-order valence-electron chi connectivity index (χ3n) is 2.63. The van der Waals surface area contributed by atoms with E-state index in [-0.39, 0.29) is 6.54 Å². The topological polar surface area (TPSA) is 95.7 Å². The van der Waals surface area contributed by atoms with Crippen molar-refractivity contribution in [1.82, 2.24) is 16.1 Å². The Morgan fingerprint density at radius 2 is 1.91 bits per heavy atom. The fourth-order valence-electron chi connectivity index (χ4n) is 1.57. The molecular formula is C15H16N4O3. The third kappa shape index (κ3) is 5.49. The number of carbonyl (C=O) groups is 2. The Morgan fingerprint density at radius 3 is 2.64 bits per heavy atom. The largest absolute Gasteiger partial charge is 0.463 e. The monoisotopic (exact) mass is 300 g/mol. The number of urea groups is 1. The van der Waals surface area contributed by atoms with Gasteiger partial charge in [-0.15, -0.1) is 0 Å². The van der Waals surface area contributed by atoms with Gasteiger partial charge in [0.05, 0.1) is 12.5 Å². The maximum absolute atomic E-state index is 11.5. The molecule has 0 aliphatic heterocycles. The van der Waals surface area contributed by atoms with Crippen LogP contribution in [0.2, 0.25) is 0 Å². The minimum atomic E-state index is -0.433. The number of hydrazone groups is 1. The van der Waals surface area contributed by atoms with Crippen LogP contribution in [0.25, 0.3) is 0 Å². The standard InChI is InChI=1S/C15H16N4O3/c20-14(19-18-10-13-7-4-8-22-13)11-17-15(21)16-9-12-5-2-1-3-6-12/h1-8,10H,9,11H2,(H,19,20)(H2,16,17,21)/b18-10+. The molecular weight excluding hydrogens is 284 g/mol. The van der Waals surface area contributed by atoms with Crippen LogP contribution in [0.15, 0.2) is 58.2 Å². The molecule has 0 fully saturated rings. The molecule has 114 valence electrons. The smallest absolute Gasteiger partial charge is 0.315 e. The Hall–Kier alpha value is -3.09. The molecule has 0 spiro atoms. The Kier molecular flexibility index (Phi) is 5.74. The summed E-state index contributed by atoms with van der Waals surface area (Å²) in [5.41, 5.74) is 3.26. The molecule has 1 aromatic carbocycles. The number of furan rings is 1. The van der Waals surface area contributed by atoms with Crippen LogP contribution in [-0.2, 0) is 11.3 Å². The summed E-state index contributed by atoms with van der Waals surface area (Å²) in [6, 6.07) is 12.5. The fourth-order valence-corrected chi connectivity index (χ4v) is 1.57. The van der Waals surface area contributed by atoms with Crippen LogP contribution >= 0.6 is 0 Å². The maximum atomic E-state index is 11.5. The quantitative estimate of drug-likeness (QED) is 0.553. The van der Waals surface area contributed by atoms with E-state index < -0.39 is 11.9 Å². The molecule has 22 heavy (non-hydrogen) atoms. The van der Waals surface area contributed by atoms with Gasteiger partial charge in [0.1, 0.15) is 12.3 Å². The minimum Gasteiger partial charge on any atom is -0.463 e. The third-order valence-corrected chi connectivity index (χ3v) is 2.63. The molecule has 0 unspecified atom stereocenters. The van der Waals surface area contributed by atoms with Crippen LogP contribution in [-0.4, -0.2) is 24.7 Å². The second-order valence-electron chi connectivity index (χ2n) is 4.33. The van der Waals surface area contributed by atoms with E-state index in [4.69, 9.17) is 4.42 Å². The van der Waals surface area contributed by atoms with Crippen LogP contribution in [0.5, 0.6) is 0 Å². The van der Waals surface area contributed by atoms with Gasteiger partial charge in [-0.1, -0.05) is 30.3 Å². The number of amides is 3. The van der Waals surface area contributed by atoms with E-state index in [0.717, 1.165) is 5.56 Å². The Labute approximate surface area is 127 Å². The van der Waals surface area contributed by atoms with Gasteiger partial charge in [0.2, 0.25) is 0 Å². The first-order chi connectivity index (χ1) is 10.7. The van der Waals surface area contributed by atoms with Crippen LogP contribution in [0.3, 0.4) is 0 Å². The number of nitrogens with one attached hydrogen (secondary N) is 3. The second-order valence-corrected chi connectivity index (χ2v) is 4.33. The number of nitrogens with zero attached hydrogens (tertiary/aromatic N) is 1. The number of hydrogen-bond acceptors (Lipinski definition) is 4. The van der Waals surface area contributed by atoms with Crippen molar-refractivity contribution in [2.45, 2.75) is 6.54 Å². The predicted octanol–water partition coefficient (Wildman–Crippen LogP) is 1.23. The molecule has 1 heterocycles. The van der Waals surface area contributed by atoms with Gasteiger partial charge >= 0.3 is 6.03 Å². The first-order valence-electron chi connectivity index (χ1n) is 6.65. The van der Waals surface area contributed by atoms with Gasteiger partial charge in [0, 0.05) is 6.54 Å². The normalized spacial score (nSPS) is 10.4. The molecule has 2 rings (SSSR count). The zero-order chi connectivity index (χ0) is 15.6. The van der Waals surface area contributed by atoms with Crippen molar-refractivity contribution in [3.8, 4) is 0 Å². The van der Waals surface area contributed by atoms with Gasteiger partial charge in [0.25, 0.3) is 5.91 Å². The summed E-state index contributed by atoms with van der Waals surface area (Å²) in [6.07, 6.45) is 2.87. The maximum Gasteiger partial charge on any atom is 0.315 e. The fraction of sp³-hybridized carbons (Fsp3) is 0.133. The molecule has 0 bridgehead atoms. The minimum absolute atomic E-state index is 0.171. The molecule has 3 amide bonds. The van der Waals surface area contributed by atoms with Crippen molar-refractivity contribution in [2.24, 2.45) is 5.10 Å². The van der Waals surface area contributed by atoms with Crippen molar-refractivity contribution in [1.29, 1.82) is 0 Å². The van der Waals surface area contributed by atoms with Gasteiger partial charge < -0.3 is 15.1 Å². The summed E-state index contributed by atoms with van der Waals surface area (Å²) >= 11 is 0. The highest BCUT2D eigenvalue weighted by Gasteiger charge is 2.04. The van der Waals surface area contributed by atoms with E-state index in [0.29, 0.717) is 12.3 Å². The molecule has 0 aliphatic carbocycles. The van der Waals surface area contributed by atoms with Crippen LogP contribution < -0.4 is 16.1 Å². The molecule has 0 radical (unpaired) electrons. The molecule has 7 nitrogen and oxygen atoms in total. The molecule has 2 aromatic rings. The summed E-state index contributed by atoms with van der Waals surface area (Å²) in [5, 5.41) is 8.78. The second kappa shape index (κ2) is 8.25. The van der Waals surface area contributed by atoms with Crippen LogP contribution in [0.4, 0.5) is 4.79 Å². The SMILES string of the molecule is O=C(CNC(=O)NCc1ccccc1)N/N=C/c1ccco1. The van der Waals surface area contributed by atoms with Crippen molar-refractivity contribution in [3.63, 3.8) is 0 Å². The highest BCUT2D eigenvalue weighted by Crippen LogP contribution is 1.96. The lowest BCUT2D eigenvalue weighted by Crippen LogP contribution is -2.40. The van der Waals surface area contributed by atoms with Gasteiger partial charge in [-0.05, 0) is 17.7 Å². The van der Waals surface area contributed by atoms with E-state index in [1.54, 1.807) is 12.1 Å². The Morgan fingerprint density at radius 1 is 1.09 bits per heavy atom. The molecule has 0 saturated carbocycles. The average molecular weight is 300 g/mol. The van der Waals surface area contributed by atoms with E-state index in [1.807, 2.05) is 30.3 Å². The lowest BCUT2D eigenvalue weighted by molar-refractivity contribution is -0.120. The molecule has 1 aromatic heterocycles. The first-order valence-corrected chi connectivity index (χ1v) is 6.65. The zero-order valence-corrected chi connectivity index (χ0v) is 11.8. The van der Waals surface area contributed by atoms with Crippen molar-refractivity contribution in [2.75, 3.05) is 6.54 Å². The molecule has 0 aliphatic rings. The number of carbonyl (C=O) groups excluding carboxylic acids is 2. The Balaban J connectivity index is 1.62. The van der Waals surface area contributed by atoms with Gasteiger partial charge in [-0.25, -0.2) is 10.2 Å². The number of benzene rings is 1. The summed E-state index contributed by atoms with van der Waals surface area (Å²) in [6.45, 7) is 0.223. The van der Waals surface area contributed by atoms with Crippen molar-refractivity contribution >= 4 is 18.2 Å². The van der Waals surface area contributed by atoms with E-state index in [9.17, 15) is 9.59 Å². The van der Waals surface area contributed by atoms with Crippen molar-refractivity contribution < 1.29 is 14.0 Å².